The Morgan fingerprint density at radius 2 is 2.21 bits per heavy atom. The minimum atomic E-state index is -0.132. The van der Waals surface area contributed by atoms with Crippen LogP contribution in [-0.4, -0.2) is 18.5 Å². The molecule has 80 valence electrons. The van der Waals surface area contributed by atoms with Gasteiger partial charge < -0.3 is 11.1 Å². The first-order valence-electron chi connectivity index (χ1n) is 5.12. The Bertz CT molecular complexity index is 208. The van der Waals surface area contributed by atoms with Crippen LogP contribution in [0.5, 0.6) is 0 Å². The Morgan fingerprint density at radius 1 is 1.57 bits per heavy atom. The summed E-state index contributed by atoms with van der Waals surface area (Å²) in [5.74, 6) is 2.53. The number of terminal acetylenes is 1. The van der Waals surface area contributed by atoms with E-state index in [4.69, 9.17) is 12.2 Å². The highest BCUT2D eigenvalue weighted by atomic mass is 16.1. The zero-order chi connectivity index (χ0) is 11.0. The molecule has 1 amide bonds. The van der Waals surface area contributed by atoms with Gasteiger partial charge in [0.15, 0.2) is 0 Å². The fraction of sp³-hybridized carbons (Fsp3) is 0.727. The van der Waals surface area contributed by atoms with Crippen LogP contribution in [0.3, 0.4) is 0 Å². The normalized spacial score (nSPS) is 14.1. The summed E-state index contributed by atoms with van der Waals surface area (Å²) in [5, 5.41) is 2.82. The fourth-order valence-corrected chi connectivity index (χ4v) is 1.18. The van der Waals surface area contributed by atoms with Crippen molar-refractivity contribution in [3.8, 4) is 12.3 Å². The van der Waals surface area contributed by atoms with Gasteiger partial charge in [-0.3, -0.25) is 4.79 Å². The van der Waals surface area contributed by atoms with Gasteiger partial charge in [0.05, 0.1) is 6.04 Å². The first kappa shape index (κ1) is 13.0. The van der Waals surface area contributed by atoms with Crippen LogP contribution >= 0.6 is 0 Å². The zero-order valence-electron chi connectivity index (χ0n) is 9.05. The highest BCUT2D eigenvalue weighted by Crippen LogP contribution is 2.02. The van der Waals surface area contributed by atoms with Crippen molar-refractivity contribution in [2.75, 3.05) is 6.54 Å². The Labute approximate surface area is 86.4 Å². The summed E-state index contributed by atoms with van der Waals surface area (Å²) < 4.78 is 0. The van der Waals surface area contributed by atoms with Gasteiger partial charge in [-0.05, 0) is 19.4 Å². The molecule has 0 heterocycles. The van der Waals surface area contributed by atoms with Crippen molar-refractivity contribution < 1.29 is 4.79 Å². The summed E-state index contributed by atoms with van der Waals surface area (Å²) in [6.45, 7) is 4.44. The molecule has 0 radical (unpaired) electrons. The lowest BCUT2D eigenvalue weighted by molar-refractivity contribution is -0.125. The molecule has 0 aromatic rings. The van der Waals surface area contributed by atoms with E-state index in [2.05, 4.69) is 11.2 Å². The molecule has 0 fully saturated rings. The van der Waals surface area contributed by atoms with Gasteiger partial charge in [0.25, 0.3) is 0 Å². The third-order valence-corrected chi connectivity index (χ3v) is 2.14. The van der Waals surface area contributed by atoms with Gasteiger partial charge in [-0.25, -0.2) is 0 Å². The number of carbonyl (C=O) groups excluding carboxylic acids is 1. The number of amides is 1. The van der Waals surface area contributed by atoms with E-state index in [0.717, 1.165) is 12.8 Å². The van der Waals surface area contributed by atoms with Gasteiger partial charge in [-0.2, -0.15) is 0 Å². The van der Waals surface area contributed by atoms with E-state index in [9.17, 15) is 4.79 Å². The maximum Gasteiger partial charge on any atom is 0.223 e. The number of nitrogens with two attached hydrogens (primary N) is 1. The molecule has 0 aliphatic carbocycles. The summed E-state index contributed by atoms with van der Waals surface area (Å²) in [6, 6.07) is -0.132. The molecule has 14 heavy (non-hydrogen) atoms. The van der Waals surface area contributed by atoms with Crippen LogP contribution in [0.25, 0.3) is 0 Å². The number of hydrogen-bond donors (Lipinski definition) is 2. The quantitative estimate of drug-likeness (QED) is 0.620. The molecule has 3 heteroatoms. The highest BCUT2D eigenvalue weighted by Gasteiger charge is 2.14. The van der Waals surface area contributed by atoms with Crippen LogP contribution in [0, 0.1) is 18.3 Å². The average Bonchev–Trinajstić information content (AvgIpc) is 2.17. The van der Waals surface area contributed by atoms with Crippen molar-refractivity contribution in [2.45, 2.75) is 39.2 Å². The predicted molar refractivity (Wildman–Crippen MR) is 58.5 cm³/mol. The van der Waals surface area contributed by atoms with Crippen molar-refractivity contribution in [1.82, 2.24) is 5.32 Å². The van der Waals surface area contributed by atoms with Crippen LogP contribution in [0.4, 0.5) is 0 Å². The molecule has 0 saturated carbocycles. The van der Waals surface area contributed by atoms with Crippen LogP contribution in [0.1, 0.15) is 33.1 Å². The summed E-state index contributed by atoms with van der Waals surface area (Å²) in [4.78, 5) is 11.5. The number of rotatable bonds is 6. The lowest BCUT2D eigenvalue weighted by Gasteiger charge is -2.15. The fourth-order valence-electron chi connectivity index (χ4n) is 1.18. The highest BCUT2D eigenvalue weighted by molar-refractivity contribution is 5.78. The summed E-state index contributed by atoms with van der Waals surface area (Å²) in [6.07, 6.45) is 7.80. The molecule has 0 aliphatic heterocycles. The van der Waals surface area contributed by atoms with Gasteiger partial charge in [0, 0.05) is 5.92 Å². The van der Waals surface area contributed by atoms with E-state index >= 15 is 0 Å². The second kappa shape index (κ2) is 7.40. The molecule has 0 spiro atoms. The monoisotopic (exact) mass is 196 g/mol. The molecular weight excluding hydrogens is 176 g/mol. The van der Waals surface area contributed by atoms with Gasteiger partial charge in [-0.15, -0.1) is 6.42 Å². The largest absolute Gasteiger partial charge is 0.342 e. The molecule has 2 unspecified atom stereocenters. The molecule has 0 aromatic carbocycles. The molecular formula is C11H20N2O. The molecule has 0 bridgehead atoms. The maximum absolute atomic E-state index is 11.5. The van der Waals surface area contributed by atoms with Crippen molar-refractivity contribution >= 4 is 5.91 Å². The Kier molecular flexibility index (Phi) is 6.87. The first-order valence-corrected chi connectivity index (χ1v) is 5.12. The van der Waals surface area contributed by atoms with Gasteiger partial charge >= 0.3 is 0 Å². The average molecular weight is 196 g/mol. The molecule has 0 aromatic heterocycles. The third kappa shape index (κ3) is 4.88. The van der Waals surface area contributed by atoms with Crippen LogP contribution in [-0.2, 0) is 4.79 Å². The number of hydrogen-bond acceptors (Lipinski definition) is 2. The Hall–Kier alpha value is -1.01. The first-order chi connectivity index (χ1) is 6.65. The number of nitrogens with one attached hydrogen (secondary N) is 1. The summed E-state index contributed by atoms with van der Waals surface area (Å²) in [7, 11) is 0. The second-order valence-electron chi connectivity index (χ2n) is 3.49. The molecule has 3 nitrogen and oxygen atoms in total. The lowest BCUT2D eigenvalue weighted by Crippen LogP contribution is -2.37. The lowest BCUT2D eigenvalue weighted by atomic mass is 10.1. The van der Waals surface area contributed by atoms with Gasteiger partial charge in [0.2, 0.25) is 5.91 Å². The van der Waals surface area contributed by atoms with Crippen molar-refractivity contribution in [3.63, 3.8) is 0 Å². The Morgan fingerprint density at radius 3 is 2.64 bits per heavy atom. The van der Waals surface area contributed by atoms with E-state index < -0.39 is 0 Å². The molecule has 2 atom stereocenters. The SMILES string of the molecule is C#CC(CCC)NC(=O)C(C)CCN. The molecule has 0 rings (SSSR count). The number of carbonyl (C=O) groups is 1. The van der Waals surface area contributed by atoms with E-state index in [0.29, 0.717) is 13.0 Å². The second-order valence-corrected chi connectivity index (χ2v) is 3.49. The van der Waals surface area contributed by atoms with E-state index in [1.807, 2.05) is 13.8 Å². The van der Waals surface area contributed by atoms with Crippen LogP contribution in [0.2, 0.25) is 0 Å². The van der Waals surface area contributed by atoms with Crippen molar-refractivity contribution in [3.05, 3.63) is 0 Å². The molecule has 0 aliphatic rings. The minimum absolute atomic E-state index is 0.00634. The standard InChI is InChI=1S/C11H20N2O/c1-4-6-10(5-2)13-11(14)9(3)7-8-12/h2,9-10H,4,6-8,12H2,1,3H3,(H,13,14). The minimum Gasteiger partial charge on any atom is -0.342 e. The van der Waals surface area contributed by atoms with Crippen LogP contribution < -0.4 is 11.1 Å². The van der Waals surface area contributed by atoms with Crippen molar-refractivity contribution in [1.29, 1.82) is 0 Å². The van der Waals surface area contributed by atoms with Gasteiger partial charge in [-0.1, -0.05) is 26.2 Å². The van der Waals surface area contributed by atoms with E-state index in [1.54, 1.807) is 0 Å². The summed E-state index contributed by atoms with van der Waals surface area (Å²) >= 11 is 0. The molecule has 0 saturated heterocycles. The van der Waals surface area contributed by atoms with E-state index in [-0.39, 0.29) is 17.9 Å². The zero-order valence-corrected chi connectivity index (χ0v) is 9.05. The predicted octanol–water partition coefficient (Wildman–Crippen LogP) is 0.889. The van der Waals surface area contributed by atoms with Gasteiger partial charge in [0.1, 0.15) is 0 Å². The summed E-state index contributed by atoms with van der Waals surface area (Å²) in [5.41, 5.74) is 5.37. The third-order valence-electron chi connectivity index (χ3n) is 2.14. The van der Waals surface area contributed by atoms with Crippen LogP contribution in [0.15, 0.2) is 0 Å². The molecule has 3 N–H and O–H groups in total. The smallest absolute Gasteiger partial charge is 0.223 e. The maximum atomic E-state index is 11.5. The van der Waals surface area contributed by atoms with Crippen molar-refractivity contribution in [2.24, 2.45) is 11.7 Å². The van der Waals surface area contributed by atoms with E-state index in [1.165, 1.54) is 0 Å². The Balaban J connectivity index is 3.96. The topological polar surface area (TPSA) is 55.1 Å².